The van der Waals surface area contributed by atoms with Gasteiger partial charge in [-0.25, -0.2) is 4.79 Å². The molecule has 4 rings (SSSR count). The van der Waals surface area contributed by atoms with Crippen LogP contribution in [0, 0.1) is 0 Å². The average Bonchev–Trinajstić information content (AvgIpc) is 3.37. The Morgan fingerprint density at radius 1 is 1.13 bits per heavy atom. The highest BCUT2D eigenvalue weighted by Gasteiger charge is 2.27. The lowest BCUT2D eigenvalue weighted by Gasteiger charge is -2.19. The van der Waals surface area contributed by atoms with Crippen molar-refractivity contribution in [3.05, 3.63) is 80.9 Å². The lowest BCUT2D eigenvalue weighted by atomic mass is 10.1. The zero-order chi connectivity index (χ0) is 22.1. The number of hydrogen-bond donors (Lipinski definition) is 1. The number of hydrogen-bond acceptors (Lipinski definition) is 5. The number of anilines is 1. The van der Waals surface area contributed by atoms with Crippen molar-refractivity contribution in [2.45, 2.75) is 0 Å². The van der Waals surface area contributed by atoms with Gasteiger partial charge in [0.2, 0.25) is 0 Å². The van der Waals surface area contributed by atoms with Crippen molar-refractivity contribution in [3.8, 4) is 11.3 Å². The first-order valence-electron chi connectivity index (χ1n) is 8.97. The van der Waals surface area contributed by atoms with Gasteiger partial charge >= 0.3 is 5.97 Å². The first-order valence-corrected chi connectivity index (χ1v) is 10.5. The summed E-state index contributed by atoms with van der Waals surface area (Å²) in [6.45, 7) is 0. The number of amidine groups is 1. The van der Waals surface area contributed by atoms with E-state index in [1.165, 1.54) is 6.07 Å². The number of nitrogens with zero attached hydrogens (tertiary/aromatic N) is 2. The van der Waals surface area contributed by atoms with Gasteiger partial charge in [-0.05, 0) is 54.2 Å². The Morgan fingerprint density at radius 3 is 2.65 bits per heavy atom. The molecule has 2 heterocycles. The Bertz CT molecular complexity index is 1270. The molecule has 1 aliphatic heterocycles. The van der Waals surface area contributed by atoms with E-state index in [0.29, 0.717) is 37.3 Å². The fourth-order valence-electron chi connectivity index (χ4n) is 2.96. The highest BCUT2D eigenvalue weighted by molar-refractivity contribution is 8.18. The molecule has 1 amide bonds. The van der Waals surface area contributed by atoms with Crippen LogP contribution in [-0.4, -0.2) is 29.2 Å². The minimum atomic E-state index is -1.06. The lowest BCUT2D eigenvalue weighted by molar-refractivity contribution is -0.113. The summed E-state index contributed by atoms with van der Waals surface area (Å²) in [6.07, 6.45) is 1.60. The van der Waals surface area contributed by atoms with Crippen LogP contribution in [-0.2, 0) is 4.79 Å². The van der Waals surface area contributed by atoms with Gasteiger partial charge in [-0.15, -0.1) is 0 Å². The minimum Gasteiger partial charge on any atom is -0.478 e. The van der Waals surface area contributed by atoms with Crippen LogP contribution in [0.2, 0.25) is 10.0 Å². The summed E-state index contributed by atoms with van der Waals surface area (Å²) in [5, 5.41) is 10.6. The second-order valence-electron chi connectivity index (χ2n) is 6.52. The molecule has 0 fully saturated rings. The van der Waals surface area contributed by atoms with Crippen LogP contribution in [0.1, 0.15) is 16.1 Å². The van der Waals surface area contributed by atoms with Gasteiger partial charge in [0.25, 0.3) is 5.91 Å². The van der Waals surface area contributed by atoms with Crippen molar-refractivity contribution in [3.63, 3.8) is 0 Å². The molecule has 156 valence electrons. The quantitative estimate of drug-likeness (QED) is 0.464. The Labute approximate surface area is 191 Å². The van der Waals surface area contributed by atoms with Crippen LogP contribution in [0.25, 0.3) is 17.4 Å². The lowest BCUT2D eigenvalue weighted by Crippen LogP contribution is -2.24. The summed E-state index contributed by atoms with van der Waals surface area (Å²) in [6, 6.07) is 15.2. The molecular weight excluding hydrogens is 459 g/mol. The predicted octanol–water partition coefficient (Wildman–Crippen LogP) is 6.06. The molecule has 31 heavy (non-hydrogen) atoms. The molecule has 0 unspecified atom stereocenters. The van der Waals surface area contributed by atoms with E-state index in [0.717, 1.165) is 17.3 Å². The number of amides is 1. The monoisotopic (exact) mass is 472 g/mol. The Morgan fingerprint density at radius 2 is 1.90 bits per heavy atom. The minimum absolute atomic E-state index is 0.121. The number of carbonyl (C=O) groups excluding carboxylic acids is 1. The molecule has 3 aromatic rings. The molecule has 0 radical (unpaired) electrons. The van der Waals surface area contributed by atoms with Crippen molar-refractivity contribution >= 4 is 63.8 Å². The van der Waals surface area contributed by atoms with E-state index < -0.39 is 11.9 Å². The largest absolute Gasteiger partial charge is 0.478 e. The summed E-state index contributed by atoms with van der Waals surface area (Å²) in [5.41, 5.74) is 1.32. The van der Waals surface area contributed by atoms with Gasteiger partial charge in [-0.2, -0.15) is 4.99 Å². The van der Waals surface area contributed by atoms with Gasteiger partial charge in [0.1, 0.15) is 11.5 Å². The van der Waals surface area contributed by atoms with Gasteiger partial charge < -0.3 is 14.4 Å². The number of thioether (sulfide) groups is 1. The van der Waals surface area contributed by atoms with Crippen LogP contribution in [0.3, 0.4) is 0 Å². The van der Waals surface area contributed by atoms with Crippen molar-refractivity contribution < 1.29 is 19.1 Å². The van der Waals surface area contributed by atoms with Gasteiger partial charge in [0.15, 0.2) is 5.17 Å². The molecule has 9 heteroatoms. The van der Waals surface area contributed by atoms with Crippen LogP contribution in [0.5, 0.6) is 0 Å². The van der Waals surface area contributed by atoms with Gasteiger partial charge in [0.05, 0.1) is 26.2 Å². The Kier molecular flexibility index (Phi) is 5.91. The Balaban J connectivity index is 1.56. The van der Waals surface area contributed by atoms with Gasteiger partial charge in [-0.3, -0.25) is 4.79 Å². The second-order valence-corrected chi connectivity index (χ2v) is 8.35. The maximum atomic E-state index is 12.4. The van der Waals surface area contributed by atoms with E-state index in [1.54, 1.807) is 66.6 Å². The van der Waals surface area contributed by atoms with Crippen LogP contribution < -0.4 is 4.90 Å². The summed E-state index contributed by atoms with van der Waals surface area (Å²) < 4.78 is 5.82. The molecule has 6 nitrogen and oxygen atoms in total. The van der Waals surface area contributed by atoms with Crippen molar-refractivity contribution in [2.75, 3.05) is 11.9 Å². The number of carbonyl (C=O) groups is 2. The van der Waals surface area contributed by atoms with Crippen molar-refractivity contribution in [1.29, 1.82) is 0 Å². The number of rotatable bonds is 4. The van der Waals surface area contributed by atoms with E-state index in [1.807, 2.05) is 0 Å². The molecule has 2 aromatic carbocycles. The van der Waals surface area contributed by atoms with E-state index in [9.17, 15) is 14.7 Å². The number of para-hydroxylation sites is 1. The number of furan rings is 1. The molecule has 0 saturated heterocycles. The number of aliphatic imine (C=N–C) groups is 1. The van der Waals surface area contributed by atoms with Gasteiger partial charge in [0, 0.05) is 18.7 Å². The van der Waals surface area contributed by atoms with E-state index in [2.05, 4.69) is 4.99 Å². The van der Waals surface area contributed by atoms with Crippen LogP contribution >= 0.6 is 35.0 Å². The van der Waals surface area contributed by atoms with E-state index >= 15 is 0 Å². The number of benzene rings is 2. The zero-order valence-corrected chi connectivity index (χ0v) is 18.3. The van der Waals surface area contributed by atoms with Crippen LogP contribution in [0.4, 0.5) is 5.69 Å². The second kappa shape index (κ2) is 8.63. The number of aromatic carboxylic acids is 1. The maximum absolute atomic E-state index is 12.4. The molecule has 0 bridgehead atoms. The molecule has 0 spiro atoms. The zero-order valence-electron chi connectivity index (χ0n) is 16.0. The Hall–Kier alpha value is -3.00. The summed E-state index contributed by atoms with van der Waals surface area (Å²) >= 11 is 13.2. The fourth-order valence-corrected chi connectivity index (χ4v) is 4.12. The standard InChI is InChI=1S/C22H14Cl2N2O4S/c1-26(17-5-3-2-4-14(17)21(28)29)22-25-20(27)19(31-22)11-13-7-9-18(30-13)12-6-8-15(23)16(24)10-12/h2-11H,1H3,(H,28,29)/b19-11+. The van der Waals surface area contributed by atoms with Gasteiger partial charge in [-0.1, -0.05) is 35.3 Å². The number of halogens is 2. The summed E-state index contributed by atoms with van der Waals surface area (Å²) in [4.78, 5) is 29.9. The van der Waals surface area contributed by atoms with E-state index in [4.69, 9.17) is 27.6 Å². The molecule has 1 aromatic heterocycles. The average molecular weight is 473 g/mol. The number of carboxylic acids is 1. The third-order valence-corrected chi connectivity index (χ3v) is 6.30. The molecule has 0 saturated carbocycles. The highest BCUT2D eigenvalue weighted by atomic mass is 35.5. The summed E-state index contributed by atoms with van der Waals surface area (Å²) in [5.74, 6) is -0.429. The first kappa shape index (κ1) is 21.2. The summed E-state index contributed by atoms with van der Waals surface area (Å²) in [7, 11) is 1.67. The predicted molar refractivity (Wildman–Crippen MR) is 124 cm³/mol. The molecule has 0 atom stereocenters. The van der Waals surface area contributed by atoms with Crippen molar-refractivity contribution in [1.82, 2.24) is 0 Å². The molecular formula is C22H14Cl2N2O4S. The first-order chi connectivity index (χ1) is 14.8. The molecule has 1 aliphatic rings. The molecule has 1 N–H and O–H groups in total. The fraction of sp³-hybridized carbons (Fsp3) is 0.0455. The molecule has 0 aliphatic carbocycles. The van der Waals surface area contributed by atoms with Crippen LogP contribution in [0.15, 0.2) is 68.9 Å². The third-order valence-electron chi connectivity index (χ3n) is 4.50. The topological polar surface area (TPSA) is 83.1 Å². The van der Waals surface area contributed by atoms with Crippen molar-refractivity contribution in [2.24, 2.45) is 4.99 Å². The normalized spacial score (nSPS) is 14.7. The van der Waals surface area contributed by atoms with E-state index in [-0.39, 0.29) is 5.56 Å². The highest BCUT2D eigenvalue weighted by Crippen LogP contribution is 2.34. The number of carboxylic acid groups (broad SMARTS) is 1. The maximum Gasteiger partial charge on any atom is 0.337 e. The third kappa shape index (κ3) is 4.39. The smallest absolute Gasteiger partial charge is 0.337 e. The SMILES string of the molecule is CN(C1=NC(=O)/C(=C\c2ccc(-c3ccc(Cl)c(Cl)c3)o2)S1)c1ccccc1C(=O)O.